The Kier molecular flexibility index (Phi) is 4.50. The number of ether oxygens (including phenoxy) is 2. The van der Waals surface area contributed by atoms with Crippen LogP contribution in [0.2, 0.25) is 0 Å². The lowest BCUT2D eigenvalue weighted by Crippen LogP contribution is -2.24. The van der Waals surface area contributed by atoms with E-state index in [9.17, 15) is 18.8 Å². The molecule has 3 rings (SSSR count). The van der Waals surface area contributed by atoms with E-state index >= 15 is 0 Å². The fourth-order valence-corrected chi connectivity index (χ4v) is 2.49. The van der Waals surface area contributed by atoms with E-state index in [1.165, 1.54) is 12.1 Å². The maximum absolute atomic E-state index is 13.4. The maximum Gasteiger partial charge on any atom is 0.379 e. The van der Waals surface area contributed by atoms with E-state index in [2.05, 4.69) is 24.7 Å². The molecule has 11 heteroatoms. The standard InChI is InChI=1S/C16H12FN5O5/c1-26-13(24)10-9(12(23)14(25)27-2)11(7-3-5-8(17)6-4-7)22-15(18)20-21-16(22)19-10/h3-6H,1-2H3,(H2,18,20). The van der Waals surface area contributed by atoms with Crippen molar-refractivity contribution in [2.24, 2.45) is 0 Å². The first kappa shape index (κ1) is 17.9. The molecular weight excluding hydrogens is 361 g/mol. The Morgan fingerprint density at radius 3 is 2.33 bits per heavy atom. The summed E-state index contributed by atoms with van der Waals surface area (Å²) in [6.45, 7) is 0. The highest BCUT2D eigenvalue weighted by molar-refractivity contribution is 6.43. The molecule has 0 aliphatic heterocycles. The fourth-order valence-electron chi connectivity index (χ4n) is 2.49. The third-order valence-corrected chi connectivity index (χ3v) is 3.67. The van der Waals surface area contributed by atoms with Crippen molar-refractivity contribution in [2.75, 3.05) is 20.0 Å². The number of nitrogens with zero attached hydrogens (tertiary/aromatic N) is 4. The lowest BCUT2D eigenvalue weighted by atomic mass is 10.00. The summed E-state index contributed by atoms with van der Waals surface area (Å²) in [6.07, 6.45) is 0. The van der Waals surface area contributed by atoms with E-state index < -0.39 is 34.8 Å². The van der Waals surface area contributed by atoms with Crippen molar-refractivity contribution >= 4 is 29.4 Å². The zero-order valence-electron chi connectivity index (χ0n) is 14.1. The predicted molar refractivity (Wildman–Crippen MR) is 88.3 cm³/mol. The van der Waals surface area contributed by atoms with Crippen molar-refractivity contribution in [3.05, 3.63) is 41.3 Å². The molecule has 0 atom stereocenters. The number of aromatic nitrogens is 4. The van der Waals surface area contributed by atoms with Gasteiger partial charge in [-0.1, -0.05) is 0 Å². The number of fused-ring (bicyclic) bond motifs is 1. The summed E-state index contributed by atoms with van der Waals surface area (Å²) in [5.74, 6) is -4.21. The number of benzene rings is 1. The van der Waals surface area contributed by atoms with Gasteiger partial charge in [0.15, 0.2) is 5.69 Å². The second kappa shape index (κ2) is 6.78. The van der Waals surface area contributed by atoms with Gasteiger partial charge in [-0.2, -0.15) is 0 Å². The van der Waals surface area contributed by atoms with Gasteiger partial charge in [0, 0.05) is 0 Å². The Morgan fingerprint density at radius 2 is 1.74 bits per heavy atom. The van der Waals surface area contributed by atoms with Crippen LogP contribution in [0.3, 0.4) is 0 Å². The molecule has 2 heterocycles. The molecule has 0 saturated heterocycles. The zero-order valence-corrected chi connectivity index (χ0v) is 14.1. The number of esters is 2. The highest BCUT2D eigenvalue weighted by Gasteiger charge is 2.32. The second-order valence-corrected chi connectivity index (χ2v) is 5.20. The van der Waals surface area contributed by atoms with Crippen molar-refractivity contribution in [3.8, 4) is 11.3 Å². The highest BCUT2D eigenvalue weighted by Crippen LogP contribution is 2.29. The highest BCUT2D eigenvalue weighted by atomic mass is 19.1. The van der Waals surface area contributed by atoms with Crippen LogP contribution in [-0.2, 0) is 14.3 Å². The van der Waals surface area contributed by atoms with Crippen LogP contribution in [0, 0.1) is 5.82 Å². The Morgan fingerprint density at radius 1 is 1.07 bits per heavy atom. The van der Waals surface area contributed by atoms with Crippen LogP contribution in [0.25, 0.3) is 17.0 Å². The Bertz CT molecular complexity index is 1080. The number of anilines is 1. The summed E-state index contributed by atoms with van der Waals surface area (Å²) >= 11 is 0. The minimum Gasteiger partial charge on any atom is -0.464 e. The minimum atomic E-state index is -1.24. The average molecular weight is 373 g/mol. The normalized spacial score (nSPS) is 10.6. The van der Waals surface area contributed by atoms with E-state index in [0.717, 1.165) is 30.8 Å². The molecule has 27 heavy (non-hydrogen) atoms. The summed E-state index contributed by atoms with van der Waals surface area (Å²) < 4.78 is 23.6. The van der Waals surface area contributed by atoms with Gasteiger partial charge in [-0.05, 0) is 29.8 Å². The topological polar surface area (TPSA) is 139 Å². The Labute approximate surface area is 150 Å². The van der Waals surface area contributed by atoms with Gasteiger partial charge in [0.25, 0.3) is 11.6 Å². The predicted octanol–water partition coefficient (Wildman–Crippen LogP) is 0.655. The smallest absolute Gasteiger partial charge is 0.379 e. The van der Waals surface area contributed by atoms with Crippen LogP contribution in [0.15, 0.2) is 24.3 Å². The van der Waals surface area contributed by atoms with Crippen molar-refractivity contribution in [2.45, 2.75) is 0 Å². The van der Waals surface area contributed by atoms with Crippen molar-refractivity contribution in [1.29, 1.82) is 0 Å². The third-order valence-electron chi connectivity index (χ3n) is 3.67. The molecular formula is C16H12FN5O5. The second-order valence-electron chi connectivity index (χ2n) is 5.20. The van der Waals surface area contributed by atoms with Gasteiger partial charge in [0.2, 0.25) is 5.95 Å². The van der Waals surface area contributed by atoms with Crippen LogP contribution < -0.4 is 5.73 Å². The summed E-state index contributed by atoms with van der Waals surface area (Å²) in [6, 6.07) is 4.93. The lowest BCUT2D eigenvalue weighted by molar-refractivity contribution is -0.135. The largest absolute Gasteiger partial charge is 0.464 e. The number of methoxy groups -OCH3 is 2. The van der Waals surface area contributed by atoms with Crippen LogP contribution in [0.1, 0.15) is 20.8 Å². The summed E-state index contributed by atoms with van der Waals surface area (Å²) in [7, 11) is 2.09. The molecule has 0 radical (unpaired) electrons. The van der Waals surface area contributed by atoms with Crippen LogP contribution in [0.4, 0.5) is 10.3 Å². The van der Waals surface area contributed by atoms with Gasteiger partial charge in [-0.15, -0.1) is 10.2 Å². The van der Waals surface area contributed by atoms with Crippen molar-refractivity contribution in [3.63, 3.8) is 0 Å². The van der Waals surface area contributed by atoms with E-state index in [4.69, 9.17) is 5.73 Å². The van der Waals surface area contributed by atoms with Gasteiger partial charge in [-0.3, -0.25) is 4.79 Å². The number of carbonyl (C=O) groups excluding carboxylic acids is 3. The molecule has 0 aliphatic carbocycles. The molecule has 0 aliphatic rings. The van der Waals surface area contributed by atoms with Gasteiger partial charge < -0.3 is 15.2 Å². The molecule has 2 N–H and O–H groups in total. The van der Waals surface area contributed by atoms with Gasteiger partial charge in [0.05, 0.1) is 25.5 Å². The van der Waals surface area contributed by atoms with Gasteiger partial charge in [0.1, 0.15) is 5.82 Å². The molecule has 3 aromatic rings. The number of Topliss-reactive ketones (excluding diaryl/α,β-unsaturated/α-hetero) is 1. The number of halogens is 1. The Hall–Kier alpha value is -3.89. The quantitative estimate of drug-likeness (QED) is 0.397. The molecule has 10 nitrogen and oxygen atoms in total. The third kappa shape index (κ3) is 2.94. The Balaban J connectivity index is 2.49. The summed E-state index contributed by atoms with van der Waals surface area (Å²) in [5.41, 5.74) is 5.13. The van der Waals surface area contributed by atoms with E-state index in [-0.39, 0.29) is 23.0 Å². The molecule has 1 aromatic carbocycles. The lowest BCUT2D eigenvalue weighted by Gasteiger charge is -2.14. The fraction of sp³-hybridized carbons (Fsp3) is 0.125. The number of ketones is 1. The molecule has 0 fully saturated rings. The average Bonchev–Trinajstić information content (AvgIpc) is 3.06. The zero-order chi connectivity index (χ0) is 19.7. The minimum absolute atomic E-state index is 0.0294. The molecule has 0 spiro atoms. The molecule has 0 bridgehead atoms. The number of nitrogens with two attached hydrogens (primary N) is 1. The molecule has 0 unspecified atom stereocenters. The van der Waals surface area contributed by atoms with E-state index in [1.807, 2.05) is 0 Å². The maximum atomic E-state index is 13.4. The summed E-state index contributed by atoms with van der Waals surface area (Å²) in [5, 5.41) is 7.40. The first-order valence-corrected chi connectivity index (χ1v) is 7.40. The van der Waals surface area contributed by atoms with Crippen LogP contribution in [0.5, 0.6) is 0 Å². The van der Waals surface area contributed by atoms with Crippen LogP contribution in [-0.4, -0.2) is 51.5 Å². The van der Waals surface area contributed by atoms with Crippen molar-refractivity contribution < 1.29 is 28.2 Å². The molecule has 138 valence electrons. The first-order chi connectivity index (χ1) is 12.9. The number of hydrogen-bond acceptors (Lipinski definition) is 9. The molecule has 0 amide bonds. The van der Waals surface area contributed by atoms with Gasteiger partial charge in [-0.25, -0.2) is 23.4 Å². The van der Waals surface area contributed by atoms with Gasteiger partial charge >= 0.3 is 11.9 Å². The van der Waals surface area contributed by atoms with Crippen LogP contribution >= 0.6 is 0 Å². The number of rotatable bonds is 4. The molecule has 0 saturated carbocycles. The molecule has 2 aromatic heterocycles. The van der Waals surface area contributed by atoms with E-state index in [1.54, 1.807) is 0 Å². The van der Waals surface area contributed by atoms with E-state index in [0.29, 0.717) is 0 Å². The number of nitrogen functional groups attached to an aromatic ring is 1. The first-order valence-electron chi connectivity index (χ1n) is 7.40. The summed E-state index contributed by atoms with van der Waals surface area (Å²) in [4.78, 5) is 40.7. The monoisotopic (exact) mass is 373 g/mol. The number of carbonyl (C=O) groups is 3. The van der Waals surface area contributed by atoms with Crippen molar-refractivity contribution in [1.82, 2.24) is 19.6 Å². The SMILES string of the molecule is COC(=O)C(=O)c1c(C(=O)OC)nc2nnc(N)n2c1-c1ccc(F)cc1. The number of hydrogen-bond donors (Lipinski definition) is 1.